The van der Waals surface area contributed by atoms with Crippen LogP contribution < -0.4 is 0 Å². The van der Waals surface area contributed by atoms with Gasteiger partial charge in [-0.05, 0) is 44.1 Å². The second-order valence-corrected chi connectivity index (χ2v) is 5.24. The second kappa shape index (κ2) is 12.7. The molecule has 0 radical (unpaired) electrons. The van der Waals surface area contributed by atoms with Crippen LogP contribution in [-0.4, -0.2) is 36.2 Å². The molecular weight excluding hydrogens is 284 g/mol. The Morgan fingerprint density at radius 2 is 1.47 bits per heavy atom. The molecule has 19 heavy (non-hydrogen) atoms. The van der Waals surface area contributed by atoms with E-state index in [1.807, 2.05) is 0 Å². The van der Waals surface area contributed by atoms with Gasteiger partial charge in [-0.15, -0.1) is 0 Å². The fraction of sp³-hybridized carbons (Fsp3) is 0.846. The molecule has 0 aliphatic heterocycles. The van der Waals surface area contributed by atoms with Gasteiger partial charge in [-0.1, -0.05) is 0 Å². The van der Waals surface area contributed by atoms with Crippen LogP contribution in [-0.2, 0) is 19.1 Å². The first-order valence-electron chi connectivity index (χ1n) is 6.67. The standard InChI is InChI=1S/C13H24O4S2/c1-11(17-13(15)7-3-5-9-19)10-16-12(14)6-2-4-8-18/h11,18-19H,2-10H2,1H3. The number of hydrogen-bond donors (Lipinski definition) is 2. The third-order valence-corrected chi connectivity index (χ3v) is 3.02. The van der Waals surface area contributed by atoms with E-state index < -0.39 is 6.10 Å². The van der Waals surface area contributed by atoms with Gasteiger partial charge >= 0.3 is 11.9 Å². The molecule has 0 spiro atoms. The molecule has 6 heteroatoms. The molecule has 0 aromatic rings. The van der Waals surface area contributed by atoms with Gasteiger partial charge in [0, 0.05) is 12.8 Å². The van der Waals surface area contributed by atoms with Gasteiger partial charge in [0.2, 0.25) is 0 Å². The molecule has 0 fully saturated rings. The summed E-state index contributed by atoms with van der Waals surface area (Å²) in [6, 6.07) is 0. The van der Waals surface area contributed by atoms with E-state index in [0.29, 0.717) is 12.8 Å². The van der Waals surface area contributed by atoms with E-state index in [1.165, 1.54) is 0 Å². The highest BCUT2D eigenvalue weighted by Gasteiger charge is 2.11. The first-order chi connectivity index (χ1) is 9.10. The SMILES string of the molecule is CC(COC(=O)CCCCS)OC(=O)CCCCS. The Balaban J connectivity index is 3.59. The molecule has 0 heterocycles. The number of carbonyl (C=O) groups is 2. The molecule has 0 N–H and O–H groups in total. The predicted molar refractivity (Wildman–Crippen MR) is 81.9 cm³/mol. The van der Waals surface area contributed by atoms with E-state index in [1.54, 1.807) is 6.92 Å². The van der Waals surface area contributed by atoms with Crippen LogP contribution in [0.15, 0.2) is 0 Å². The van der Waals surface area contributed by atoms with Crippen LogP contribution >= 0.6 is 25.3 Å². The number of thiol groups is 2. The number of carbonyl (C=O) groups excluding carboxylic acids is 2. The van der Waals surface area contributed by atoms with Crippen molar-refractivity contribution in [3.8, 4) is 0 Å². The van der Waals surface area contributed by atoms with Crippen molar-refractivity contribution in [2.45, 2.75) is 51.6 Å². The van der Waals surface area contributed by atoms with Crippen LogP contribution in [0.3, 0.4) is 0 Å². The third kappa shape index (κ3) is 12.4. The van der Waals surface area contributed by atoms with Crippen molar-refractivity contribution >= 4 is 37.2 Å². The largest absolute Gasteiger partial charge is 0.462 e. The molecule has 0 aromatic carbocycles. The minimum Gasteiger partial charge on any atom is -0.462 e. The topological polar surface area (TPSA) is 52.6 Å². The van der Waals surface area contributed by atoms with Gasteiger partial charge in [-0.2, -0.15) is 25.3 Å². The Labute approximate surface area is 126 Å². The molecule has 0 saturated heterocycles. The highest BCUT2D eigenvalue weighted by atomic mass is 32.1. The average molecular weight is 308 g/mol. The number of ether oxygens (including phenoxy) is 2. The van der Waals surface area contributed by atoms with E-state index in [0.717, 1.165) is 37.2 Å². The van der Waals surface area contributed by atoms with Crippen LogP contribution in [0.4, 0.5) is 0 Å². The molecular formula is C13H24O4S2. The lowest BCUT2D eigenvalue weighted by molar-refractivity contribution is -0.158. The minimum absolute atomic E-state index is 0.123. The quantitative estimate of drug-likeness (QED) is 0.350. The number of rotatable bonds is 11. The molecule has 0 aromatic heterocycles. The fourth-order valence-corrected chi connectivity index (χ4v) is 1.81. The van der Waals surface area contributed by atoms with Crippen molar-refractivity contribution in [2.24, 2.45) is 0 Å². The van der Waals surface area contributed by atoms with Crippen LogP contribution in [0.5, 0.6) is 0 Å². The van der Waals surface area contributed by atoms with Crippen LogP contribution in [0.25, 0.3) is 0 Å². The smallest absolute Gasteiger partial charge is 0.306 e. The highest BCUT2D eigenvalue weighted by Crippen LogP contribution is 2.04. The van der Waals surface area contributed by atoms with E-state index in [4.69, 9.17) is 9.47 Å². The maximum absolute atomic E-state index is 11.4. The molecule has 0 aliphatic rings. The summed E-state index contributed by atoms with van der Waals surface area (Å²) in [4.78, 5) is 22.7. The van der Waals surface area contributed by atoms with Crippen LogP contribution in [0.1, 0.15) is 45.4 Å². The van der Waals surface area contributed by atoms with E-state index >= 15 is 0 Å². The Morgan fingerprint density at radius 3 is 2.00 bits per heavy atom. The van der Waals surface area contributed by atoms with E-state index in [9.17, 15) is 9.59 Å². The molecule has 0 aliphatic carbocycles. The van der Waals surface area contributed by atoms with Gasteiger partial charge in [0.1, 0.15) is 12.7 Å². The zero-order valence-corrected chi connectivity index (χ0v) is 13.3. The van der Waals surface area contributed by atoms with Gasteiger partial charge in [0.05, 0.1) is 0 Å². The summed E-state index contributed by atoms with van der Waals surface area (Å²) in [7, 11) is 0. The Kier molecular flexibility index (Phi) is 12.4. The summed E-state index contributed by atoms with van der Waals surface area (Å²) in [6.45, 7) is 1.84. The maximum Gasteiger partial charge on any atom is 0.306 e. The summed E-state index contributed by atoms with van der Waals surface area (Å²) in [5.41, 5.74) is 0. The Morgan fingerprint density at radius 1 is 0.947 bits per heavy atom. The molecule has 4 nitrogen and oxygen atoms in total. The van der Waals surface area contributed by atoms with Gasteiger partial charge in [0.25, 0.3) is 0 Å². The summed E-state index contributed by atoms with van der Waals surface area (Å²) in [6.07, 6.45) is 3.74. The zero-order valence-electron chi connectivity index (χ0n) is 11.5. The normalized spacial score (nSPS) is 11.9. The highest BCUT2D eigenvalue weighted by molar-refractivity contribution is 7.80. The summed E-state index contributed by atoms with van der Waals surface area (Å²) < 4.78 is 10.1. The third-order valence-electron chi connectivity index (χ3n) is 2.39. The Hall–Kier alpha value is -0.360. The van der Waals surface area contributed by atoms with Crippen LogP contribution in [0, 0.1) is 0 Å². The minimum atomic E-state index is -0.391. The van der Waals surface area contributed by atoms with E-state index in [-0.39, 0.29) is 18.5 Å². The fourth-order valence-electron chi connectivity index (χ4n) is 1.36. The molecule has 1 atom stereocenters. The molecule has 0 amide bonds. The molecule has 0 rings (SSSR count). The van der Waals surface area contributed by atoms with Crippen molar-refractivity contribution < 1.29 is 19.1 Å². The van der Waals surface area contributed by atoms with E-state index in [2.05, 4.69) is 25.3 Å². The van der Waals surface area contributed by atoms with Gasteiger partial charge in [-0.3, -0.25) is 9.59 Å². The summed E-state index contributed by atoms with van der Waals surface area (Å²) in [5.74, 6) is 1.04. The monoisotopic (exact) mass is 308 g/mol. The molecule has 1 unspecified atom stereocenters. The van der Waals surface area contributed by atoms with Crippen LogP contribution in [0.2, 0.25) is 0 Å². The van der Waals surface area contributed by atoms with Crippen molar-refractivity contribution in [2.75, 3.05) is 18.1 Å². The van der Waals surface area contributed by atoms with Crippen molar-refractivity contribution in [1.29, 1.82) is 0 Å². The lowest BCUT2D eigenvalue weighted by Crippen LogP contribution is -2.22. The van der Waals surface area contributed by atoms with Gasteiger partial charge < -0.3 is 9.47 Å². The molecule has 0 bridgehead atoms. The molecule has 0 saturated carbocycles. The number of hydrogen-bond acceptors (Lipinski definition) is 6. The first-order valence-corrected chi connectivity index (χ1v) is 7.93. The predicted octanol–water partition coefficient (Wildman–Crippen LogP) is 2.66. The Bertz CT molecular complexity index is 259. The number of unbranched alkanes of at least 4 members (excludes halogenated alkanes) is 2. The second-order valence-electron chi connectivity index (χ2n) is 4.34. The zero-order chi connectivity index (χ0) is 14.5. The average Bonchev–Trinajstić information content (AvgIpc) is 2.37. The van der Waals surface area contributed by atoms with Crippen molar-refractivity contribution in [3.63, 3.8) is 0 Å². The van der Waals surface area contributed by atoms with Crippen molar-refractivity contribution in [3.05, 3.63) is 0 Å². The summed E-state index contributed by atoms with van der Waals surface area (Å²) in [5, 5.41) is 0. The maximum atomic E-state index is 11.4. The van der Waals surface area contributed by atoms with Crippen molar-refractivity contribution in [1.82, 2.24) is 0 Å². The summed E-state index contributed by atoms with van der Waals surface area (Å²) >= 11 is 8.14. The van der Waals surface area contributed by atoms with Gasteiger partial charge in [0.15, 0.2) is 0 Å². The van der Waals surface area contributed by atoms with Gasteiger partial charge in [-0.25, -0.2) is 0 Å². The lowest BCUT2D eigenvalue weighted by Gasteiger charge is -2.13. The number of esters is 2. The first kappa shape index (κ1) is 18.6. The molecule has 112 valence electrons. The lowest BCUT2D eigenvalue weighted by atomic mass is 10.2.